The lowest BCUT2D eigenvalue weighted by Gasteiger charge is -2.19. The lowest BCUT2D eigenvalue weighted by molar-refractivity contribution is 0.588. The predicted octanol–water partition coefficient (Wildman–Crippen LogP) is 5.18. The normalized spacial score (nSPS) is 12.4. The fourth-order valence-electron chi connectivity index (χ4n) is 2.33. The standard InChI is InChI=1S/C17H18BrClFN/c1-2-21-11-14(12-6-8-15(18)9-7-12)10-13-4-3-5-16(20)17(13)19/h3-9,14,21H,2,10-11H2,1H3. The molecule has 2 aromatic carbocycles. The molecule has 0 bridgehead atoms. The molecule has 0 saturated heterocycles. The lowest BCUT2D eigenvalue weighted by atomic mass is 9.92. The van der Waals surface area contributed by atoms with Gasteiger partial charge in [0.2, 0.25) is 0 Å². The number of likely N-dealkylation sites (N-methyl/N-ethyl adjacent to an activating group) is 1. The Morgan fingerprint density at radius 3 is 2.57 bits per heavy atom. The zero-order valence-electron chi connectivity index (χ0n) is 11.9. The molecule has 0 aromatic heterocycles. The number of halogens is 3. The Bertz CT molecular complexity index is 586. The van der Waals surface area contributed by atoms with E-state index in [-0.39, 0.29) is 16.8 Å². The molecule has 0 spiro atoms. The van der Waals surface area contributed by atoms with Gasteiger partial charge in [0.05, 0.1) is 5.02 Å². The van der Waals surface area contributed by atoms with Crippen LogP contribution in [0.2, 0.25) is 5.02 Å². The highest BCUT2D eigenvalue weighted by Gasteiger charge is 2.15. The molecule has 1 nitrogen and oxygen atoms in total. The van der Waals surface area contributed by atoms with Crippen LogP contribution in [0.15, 0.2) is 46.9 Å². The molecule has 0 aliphatic heterocycles. The van der Waals surface area contributed by atoms with Crippen molar-refractivity contribution in [2.45, 2.75) is 19.3 Å². The van der Waals surface area contributed by atoms with Crippen LogP contribution in [0, 0.1) is 5.82 Å². The van der Waals surface area contributed by atoms with Gasteiger partial charge in [-0.1, -0.05) is 58.7 Å². The Labute approximate surface area is 138 Å². The monoisotopic (exact) mass is 369 g/mol. The summed E-state index contributed by atoms with van der Waals surface area (Å²) in [7, 11) is 0. The van der Waals surface area contributed by atoms with Crippen molar-refractivity contribution in [2.75, 3.05) is 13.1 Å². The zero-order valence-corrected chi connectivity index (χ0v) is 14.2. The quantitative estimate of drug-likeness (QED) is 0.739. The zero-order chi connectivity index (χ0) is 15.2. The summed E-state index contributed by atoms with van der Waals surface area (Å²) < 4.78 is 14.6. The highest BCUT2D eigenvalue weighted by molar-refractivity contribution is 9.10. The first-order valence-electron chi connectivity index (χ1n) is 7.01. The Kier molecular flexibility index (Phi) is 6.22. The Hall–Kier alpha value is -0.900. The first-order chi connectivity index (χ1) is 10.1. The van der Waals surface area contributed by atoms with Crippen LogP contribution in [-0.4, -0.2) is 13.1 Å². The first-order valence-corrected chi connectivity index (χ1v) is 8.18. The van der Waals surface area contributed by atoms with Crippen molar-refractivity contribution in [1.29, 1.82) is 0 Å². The molecule has 0 saturated carbocycles. The van der Waals surface area contributed by atoms with Crippen LogP contribution in [0.1, 0.15) is 24.0 Å². The van der Waals surface area contributed by atoms with Crippen molar-refractivity contribution in [3.63, 3.8) is 0 Å². The van der Waals surface area contributed by atoms with Crippen LogP contribution < -0.4 is 5.32 Å². The number of hydrogen-bond donors (Lipinski definition) is 1. The minimum absolute atomic E-state index is 0.233. The van der Waals surface area contributed by atoms with Crippen LogP contribution in [-0.2, 0) is 6.42 Å². The average molecular weight is 371 g/mol. The highest BCUT2D eigenvalue weighted by atomic mass is 79.9. The van der Waals surface area contributed by atoms with Crippen LogP contribution >= 0.6 is 27.5 Å². The Morgan fingerprint density at radius 1 is 1.19 bits per heavy atom. The second kappa shape index (κ2) is 7.92. The van der Waals surface area contributed by atoms with Crippen molar-refractivity contribution in [3.8, 4) is 0 Å². The summed E-state index contributed by atoms with van der Waals surface area (Å²) in [5.74, 6) is -0.0930. The van der Waals surface area contributed by atoms with Crippen molar-refractivity contribution in [3.05, 3.63) is 68.9 Å². The molecular formula is C17H18BrClFN. The Morgan fingerprint density at radius 2 is 1.90 bits per heavy atom. The molecule has 112 valence electrons. The molecule has 0 fully saturated rings. The second-order valence-electron chi connectivity index (χ2n) is 4.97. The van der Waals surface area contributed by atoms with Gasteiger partial charge in [0.1, 0.15) is 5.82 Å². The van der Waals surface area contributed by atoms with E-state index in [4.69, 9.17) is 11.6 Å². The largest absolute Gasteiger partial charge is 0.316 e. The lowest BCUT2D eigenvalue weighted by Crippen LogP contribution is -2.22. The molecule has 2 rings (SSSR count). The van der Waals surface area contributed by atoms with Gasteiger partial charge in [0.15, 0.2) is 0 Å². The summed E-state index contributed by atoms with van der Waals surface area (Å²) in [5, 5.41) is 3.60. The van der Waals surface area contributed by atoms with E-state index in [1.54, 1.807) is 6.07 Å². The van der Waals surface area contributed by atoms with E-state index in [0.717, 1.165) is 23.1 Å². The van der Waals surface area contributed by atoms with Crippen LogP contribution in [0.4, 0.5) is 4.39 Å². The highest BCUT2D eigenvalue weighted by Crippen LogP contribution is 2.27. The maximum atomic E-state index is 13.6. The van der Waals surface area contributed by atoms with Gasteiger partial charge >= 0.3 is 0 Å². The topological polar surface area (TPSA) is 12.0 Å². The van der Waals surface area contributed by atoms with Crippen molar-refractivity contribution in [2.24, 2.45) is 0 Å². The van der Waals surface area contributed by atoms with Crippen molar-refractivity contribution >= 4 is 27.5 Å². The van der Waals surface area contributed by atoms with Gasteiger partial charge in [-0.2, -0.15) is 0 Å². The van der Waals surface area contributed by atoms with E-state index in [2.05, 4.69) is 40.3 Å². The molecule has 0 heterocycles. The van der Waals surface area contributed by atoms with Gasteiger partial charge < -0.3 is 5.32 Å². The fraction of sp³-hybridized carbons (Fsp3) is 0.294. The van der Waals surface area contributed by atoms with Crippen LogP contribution in [0.25, 0.3) is 0 Å². The van der Waals surface area contributed by atoms with Gasteiger partial charge in [0.25, 0.3) is 0 Å². The summed E-state index contributed by atoms with van der Waals surface area (Å²) in [5.41, 5.74) is 2.07. The van der Waals surface area contributed by atoms with Gasteiger partial charge in [-0.15, -0.1) is 0 Å². The molecule has 4 heteroatoms. The molecule has 1 N–H and O–H groups in total. The summed E-state index contributed by atoms with van der Waals surface area (Å²) in [6.07, 6.45) is 0.714. The van der Waals surface area contributed by atoms with E-state index in [1.165, 1.54) is 11.6 Å². The van der Waals surface area contributed by atoms with Crippen molar-refractivity contribution < 1.29 is 4.39 Å². The third kappa shape index (κ3) is 4.53. The fourth-order valence-corrected chi connectivity index (χ4v) is 2.80. The third-order valence-corrected chi connectivity index (χ3v) is 4.43. The molecular weight excluding hydrogens is 353 g/mol. The summed E-state index contributed by atoms with van der Waals surface area (Å²) in [6.45, 7) is 3.82. The van der Waals surface area contributed by atoms with Gasteiger partial charge in [-0.05, 0) is 42.3 Å². The SMILES string of the molecule is CCNCC(Cc1cccc(F)c1Cl)c1ccc(Br)cc1. The summed E-state index contributed by atoms with van der Waals surface area (Å²) in [4.78, 5) is 0. The summed E-state index contributed by atoms with van der Waals surface area (Å²) in [6, 6.07) is 13.2. The predicted molar refractivity (Wildman–Crippen MR) is 90.5 cm³/mol. The minimum Gasteiger partial charge on any atom is -0.316 e. The Balaban J connectivity index is 2.23. The smallest absolute Gasteiger partial charge is 0.142 e. The first kappa shape index (κ1) is 16.5. The van der Waals surface area contributed by atoms with Gasteiger partial charge in [0, 0.05) is 16.9 Å². The summed E-state index contributed by atoms with van der Waals surface area (Å²) >= 11 is 9.53. The molecule has 0 amide bonds. The van der Waals surface area contributed by atoms with Gasteiger partial charge in [-0.25, -0.2) is 4.39 Å². The van der Waals surface area contributed by atoms with E-state index in [1.807, 2.05) is 18.2 Å². The molecule has 0 aliphatic rings. The van der Waals surface area contributed by atoms with E-state index >= 15 is 0 Å². The van der Waals surface area contributed by atoms with Crippen molar-refractivity contribution in [1.82, 2.24) is 5.32 Å². The maximum Gasteiger partial charge on any atom is 0.142 e. The maximum absolute atomic E-state index is 13.6. The molecule has 2 aromatic rings. The minimum atomic E-state index is -0.354. The third-order valence-electron chi connectivity index (χ3n) is 3.48. The molecule has 1 atom stereocenters. The van der Waals surface area contributed by atoms with E-state index < -0.39 is 0 Å². The number of nitrogens with one attached hydrogen (secondary N) is 1. The van der Waals surface area contributed by atoms with E-state index in [9.17, 15) is 4.39 Å². The van der Waals surface area contributed by atoms with Gasteiger partial charge in [-0.3, -0.25) is 0 Å². The molecule has 1 unspecified atom stereocenters. The van der Waals surface area contributed by atoms with Crippen LogP contribution in [0.5, 0.6) is 0 Å². The number of hydrogen-bond acceptors (Lipinski definition) is 1. The average Bonchev–Trinajstić information content (AvgIpc) is 2.49. The molecule has 21 heavy (non-hydrogen) atoms. The molecule has 0 radical (unpaired) electrons. The van der Waals surface area contributed by atoms with E-state index in [0.29, 0.717) is 6.42 Å². The number of rotatable bonds is 6. The molecule has 0 aliphatic carbocycles. The second-order valence-corrected chi connectivity index (χ2v) is 6.27. The number of benzene rings is 2. The van der Waals surface area contributed by atoms with Crippen LogP contribution in [0.3, 0.4) is 0 Å².